The van der Waals surface area contributed by atoms with Crippen molar-refractivity contribution in [3.63, 3.8) is 0 Å². The summed E-state index contributed by atoms with van der Waals surface area (Å²) < 4.78 is 18.4. The Balaban J connectivity index is 1.54. The molecule has 0 radical (unpaired) electrons. The van der Waals surface area contributed by atoms with E-state index in [0.717, 1.165) is 37.4 Å². The number of ether oxygens (including phenoxy) is 1. The van der Waals surface area contributed by atoms with Crippen LogP contribution in [0.15, 0.2) is 48.5 Å². The lowest BCUT2D eigenvalue weighted by Gasteiger charge is -2.15. The Morgan fingerprint density at radius 3 is 2.82 bits per heavy atom. The number of fused-ring (bicyclic) bond motifs is 1. The zero-order valence-electron chi connectivity index (χ0n) is 12.8. The maximum atomic E-state index is 12.8. The van der Waals surface area contributed by atoms with E-state index in [0.29, 0.717) is 0 Å². The van der Waals surface area contributed by atoms with Gasteiger partial charge in [0.1, 0.15) is 11.6 Å². The first-order chi connectivity index (χ1) is 10.7. The van der Waals surface area contributed by atoms with Gasteiger partial charge in [0, 0.05) is 19.5 Å². The van der Waals surface area contributed by atoms with Crippen LogP contribution >= 0.6 is 0 Å². The lowest BCUT2D eigenvalue weighted by Crippen LogP contribution is -2.17. The van der Waals surface area contributed by atoms with Crippen molar-refractivity contribution in [2.45, 2.75) is 13.0 Å². The van der Waals surface area contributed by atoms with Crippen molar-refractivity contribution in [1.82, 2.24) is 4.90 Å². The van der Waals surface area contributed by atoms with Gasteiger partial charge in [0.25, 0.3) is 0 Å². The standard InChI is InChI=1S/C19H20FNO/c1-21(11-2-3-15-4-7-18(20)8-5-15)14-16-6-9-19-17(13-16)10-12-22-19/h2-9,13H,10-12,14H2,1H3/b3-2+. The van der Waals surface area contributed by atoms with Crippen LogP contribution in [0.4, 0.5) is 4.39 Å². The Morgan fingerprint density at radius 1 is 1.18 bits per heavy atom. The molecule has 1 aliphatic rings. The number of nitrogens with zero attached hydrogens (tertiary/aromatic N) is 1. The number of benzene rings is 2. The van der Waals surface area contributed by atoms with Crippen molar-refractivity contribution in [3.8, 4) is 5.75 Å². The fraction of sp³-hybridized carbons (Fsp3) is 0.263. The van der Waals surface area contributed by atoms with E-state index in [4.69, 9.17) is 4.74 Å². The predicted molar refractivity (Wildman–Crippen MR) is 87.4 cm³/mol. The van der Waals surface area contributed by atoms with E-state index < -0.39 is 0 Å². The third kappa shape index (κ3) is 3.74. The zero-order valence-corrected chi connectivity index (χ0v) is 12.8. The van der Waals surface area contributed by atoms with Crippen LogP contribution in [0.25, 0.3) is 6.08 Å². The van der Waals surface area contributed by atoms with Crippen LogP contribution in [-0.4, -0.2) is 25.1 Å². The molecule has 2 aromatic carbocycles. The Morgan fingerprint density at radius 2 is 2.00 bits per heavy atom. The molecule has 0 saturated heterocycles. The van der Waals surface area contributed by atoms with Crippen LogP contribution in [0, 0.1) is 5.82 Å². The summed E-state index contributed by atoms with van der Waals surface area (Å²) in [7, 11) is 2.10. The van der Waals surface area contributed by atoms with Gasteiger partial charge in [-0.2, -0.15) is 0 Å². The second-order valence-corrected chi connectivity index (χ2v) is 5.69. The Hall–Kier alpha value is -2.13. The van der Waals surface area contributed by atoms with E-state index >= 15 is 0 Å². The summed E-state index contributed by atoms with van der Waals surface area (Å²) in [5.41, 5.74) is 3.64. The lowest BCUT2D eigenvalue weighted by atomic mass is 10.1. The number of hydrogen-bond acceptors (Lipinski definition) is 2. The van der Waals surface area contributed by atoms with Crippen LogP contribution in [0.1, 0.15) is 16.7 Å². The molecule has 1 aliphatic heterocycles. The van der Waals surface area contributed by atoms with E-state index in [1.165, 1.54) is 23.3 Å². The van der Waals surface area contributed by atoms with Crippen molar-refractivity contribution < 1.29 is 9.13 Å². The van der Waals surface area contributed by atoms with Crippen LogP contribution in [0.2, 0.25) is 0 Å². The molecule has 0 spiro atoms. The molecule has 0 amide bonds. The van der Waals surface area contributed by atoms with Crippen molar-refractivity contribution in [3.05, 3.63) is 71.0 Å². The third-order valence-electron chi connectivity index (χ3n) is 3.80. The summed E-state index contributed by atoms with van der Waals surface area (Å²) in [4.78, 5) is 2.25. The number of hydrogen-bond donors (Lipinski definition) is 0. The van der Waals surface area contributed by atoms with Gasteiger partial charge in [0.15, 0.2) is 0 Å². The molecule has 0 N–H and O–H groups in total. The summed E-state index contributed by atoms with van der Waals surface area (Å²) in [6.07, 6.45) is 5.13. The van der Waals surface area contributed by atoms with Crippen molar-refractivity contribution >= 4 is 6.08 Å². The molecule has 1 heterocycles. The van der Waals surface area contributed by atoms with Gasteiger partial charge in [-0.3, -0.25) is 4.90 Å². The van der Waals surface area contributed by atoms with Gasteiger partial charge in [0.05, 0.1) is 6.61 Å². The van der Waals surface area contributed by atoms with Gasteiger partial charge in [-0.15, -0.1) is 0 Å². The Bertz CT molecular complexity index is 664. The van der Waals surface area contributed by atoms with Crippen molar-refractivity contribution in [1.29, 1.82) is 0 Å². The highest BCUT2D eigenvalue weighted by molar-refractivity contribution is 5.49. The molecule has 0 saturated carbocycles. The molecule has 0 atom stereocenters. The molecule has 3 heteroatoms. The topological polar surface area (TPSA) is 12.5 Å². The first-order valence-corrected chi connectivity index (χ1v) is 7.56. The second-order valence-electron chi connectivity index (χ2n) is 5.69. The van der Waals surface area contributed by atoms with E-state index in [-0.39, 0.29) is 5.82 Å². The molecular weight excluding hydrogens is 277 g/mol. The van der Waals surface area contributed by atoms with E-state index in [1.54, 1.807) is 12.1 Å². The summed E-state index contributed by atoms with van der Waals surface area (Å²) in [5.74, 6) is 0.831. The normalized spacial score (nSPS) is 13.6. The molecule has 0 aromatic heterocycles. The first kappa shape index (κ1) is 14.8. The van der Waals surface area contributed by atoms with E-state index in [1.807, 2.05) is 6.08 Å². The molecule has 3 rings (SSSR count). The lowest BCUT2D eigenvalue weighted by molar-refractivity contribution is 0.356. The van der Waals surface area contributed by atoms with Crippen molar-refractivity contribution in [2.75, 3.05) is 20.2 Å². The van der Waals surface area contributed by atoms with Gasteiger partial charge >= 0.3 is 0 Å². The molecular formula is C19H20FNO. The van der Waals surface area contributed by atoms with Gasteiger partial charge in [-0.1, -0.05) is 36.4 Å². The predicted octanol–water partition coefficient (Wildman–Crippen LogP) is 3.91. The minimum atomic E-state index is -0.199. The highest BCUT2D eigenvalue weighted by atomic mass is 19.1. The summed E-state index contributed by atoms with van der Waals surface area (Å²) in [6, 6.07) is 13.0. The SMILES string of the molecule is CN(C/C=C/c1ccc(F)cc1)Cc1ccc2c(c1)CCO2. The van der Waals surface area contributed by atoms with Crippen LogP contribution < -0.4 is 4.74 Å². The monoisotopic (exact) mass is 297 g/mol. The third-order valence-corrected chi connectivity index (χ3v) is 3.80. The molecule has 0 aliphatic carbocycles. The smallest absolute Gasteiger partial charge is 0.123 e. The molecule has 2 nitrogen and oxygen atoms in total. The highest BCUT2D eigenvalue weighted by Gasteiger charge is 2.12. The maximum absolute atomic E-state index is 12.8. The number of halogens is 1. The van der Waals surface area contributed by atoms with E-state index in [2.05, 4.69) is 36.2 Å². The Labute approximate surface area is 130 Å². The average molecular weight is 297 g/mol. The largest absolute Gasteiger partial charge is 0.493 e. The summed E-state index contributed by atoms with van der Waals surface area (Å²) >= 11 is 0. The molecule has 0 bridgehead atoms. The van der Waals surface area contributed by atoms with Crippen LogP contribution in [0.5, 0.6) is 5.75 Å². The molecule has 22 heavy (non-hydrogen) atoms. The second kappa shape index (κ2) is 6.75. The average Bonchev–Trinajstić information content (AvgIpc) is 2.97. The minimum Gasteiger partial charge on any atom is -0.493 e. The quantitative estimate of drug-likeness (QED) is 0.830. The zero-order chi connectivity index (χ0) is 15.4. The number of likely N-dealkylation sites (N-methyl/N-ethyl adjacent to an activating group) is 1. The highest BCUT2D eigenvalue weighted by Crippen LogP contribution is 2.26. The van der Waals surface area contributed by atoms with Gasteiger partial charge < -0.3 is 4.74 Å². The van der Waals surface area contributed by atoms with Gasteiger partial charge in [-0.05, 0) is 41.9 Å². The maximum Gasteiger partial charge on any atom is 0.123 e. The fourth-order valence-corrected chi connectivity index (χ4v) is 2.66. The van der Waals surface area contributed by atoms with Crippen LogP contribution in [-0.2, 0) is 13.0 Å². The summed E-state index contributed by atoms with van der Waals surface area (Å²) in [6.45, 7) is 2.56. The summed E-state index contributed by atoms with van der Waals surface area (Å²) in [5, 5.41) is 0. The molecule has 0 fully saturated rings. The minimum absolute atomic E-state index is 0.199. The van der Waals surface area contributed by atoms with Gasteiger partial charge in [-0.25, -0.2) is 4.39 Å². The fourth-order valence-electron chi connectivity index (χ4n) is 2.66. The first-order valence-electron chi connectivity index (χ1n) is 7.56. The number of rotatable bonds is 5. The van der Waals surface area contributed by atoms with Crippen molar-refractivity contribution in [2.24, 2.45) is 0 Å². The molecule has 114 valence electrons. The van der Waals surface area contributed by atoms with Crippen LogP contribution in [0.3, 0.4) is 0 Å². The molecule has 0 unspecified atom stereocenters. The van der Waals surface area contributed by atoms with E-state index in [9.17, 15) is 4.39 Å². The van der Waals surface area contributed by atoms with Gasteiger partial charge in [0.2, 0.25) is 0 Å². The Kier molecular flexibility index (Phi) is 4.54. The molecule has 2 aromatic rings.